The molecule has 0 N–H and O–H groups in total. The number of hydrogen-bond donors (Lipinski definition) is 0. The minimum Gasteiger partial charge on any atom is -0.491 e. The number of nitrogens with zero attached hydrogens (tertiary/aromatic N) is 4. The van der Waals surface area contributed by atoms with Gasteiger partial charge in [-0.25, -0.2) is 15.0 Å². The number of pyridine rings is 1. The van der Waals surface area contributed by atoms with E-state index >= 15 is 0 Å². The highest BCUT2D eigenvalue weighted by Gasteiger charge is 2.30. The summed E-state index contributed by atoms with van der Waals surface area (Å²) in [5.41, 5.74) is 4.96. The van der Waals surface area contributed by atoms with Crippen molar-refractivity contribution < 1.29 is 18.3 Å². The third-order valence-corrected chi connectivity index (χ3v) is 6.69. The number of halogens is 3. The predicted molar refractivity (Wildman–Crippen MR) is 126 cm³/mol. The summed E-state index contributed by atoms with van der Waals surface area (Å²) in [5, 5.41) is -0.107. The lowest BCUT2D eigenvalue weighted by atomic mass is 9.76. The van der Waals surface area contributed by atoms with Crippen molar-refractivity contribution in [2.45, 2.75) is 46.3 Å². The Labute approximate surface area is 201 Å². The normalized spacial score (nSPS) is 16.9. The van der Waals surface area contributed by atoms with Gasteiger partial charge in [0.1, 0.15) is 24.5 Å². The molecule has 1 aliphatic carbocycles. The van der Waals surface area contributed by atoms with Gasteiger partial charge in [-0.2, -0.15) is 8.78 Å². The van der Waals surface area contributed by atoms with Crippen LogP contribution in [-0.2, 0) is 19.4 Å². The Kier molecular flexibility index (Phi) is 6.02. The van der Waals surface area contributed by atoms with Gasteiger partial charge in [-0.15, -0.1) is 0 Å². The van der Waals surface area contributed by atoms with Crippen LogP contribution in [0.25, 0.3) is 11.1 Å². The Balaban J connectivity index is 1.48. The van der Waals surface area contributed by atoms with Gasteiger partial charge in [0.25, 0.3) is 0 Å². The van der Waals surface area contributed by atoms with Gasteiger partial charge in [-0.05, 0) is 48.4 Å². The molecule has 3 heterocycles. The fraction of sp³-hybridized carbons (Fsp3) is 0.400. The Bertz CT molecular complexity index is 1220. The molecule has 34 heavy (non-hydrogen) atoms. The maximum Gasteiger partial charge on any atom is 0.387 e. The van der Waals surface area contributed by atoms with E-state index in [1.165, 1.54) is 11.6 Å². The number of aromatic nitrogens is 3. The zero-order valence-corrected chi connectivity index (χ0v) is 19.8. The van der Waals surface area contributed by atoms with Gasteiger partial charge in [0.05, 0.1) is 6.54 Å². The van der Waals surface area contributed by atoms with Crippen LogP contribution in [0.4, 0.5) is 14.6 Å². The molecule has 0 radical (unpaired) electrons. The molecule has 0 saturated carbocycles. The van der Waals surface area contributed by atoms with Crippen LogP contribution >= 0.6 is 11.6 Å². The summed E-state index contributed by atoms with van der Waals surface area (Å²) in [7, 11) is 0. The molecular formula is C25H25ClF2N4O2. The van der Waals surface area contributed by atoms with E-state index in [2.05, 4.69) is 38.4 Å². The Morgan fingerprint density at radius 3 is 2.82 bits per heavy atom. The van der Waals surface area contributed by atoms with Gasteiger partial charge in [0.15, 0.2) is 10.9 Å². The van der Waals surface area contributed by atoms with Crippen molar-refractivity contribution in [2.24, 2.45) is 5.41 Å². The summed E-state index contributed by atoms with van der Waals surface area (Å²) in [5.74, 6) is 1.60. The van der Waals surface area contributed by atoms with Crippen molar-refractivity contribution in [3.63, 3.8) is 0 Å². The van der Waals surface area contributed by atoms with E-state index in [9.17, 15) is 8.78 Å². The number of ether oxygens (including phenoxy) is 2. The first-order valence-electron chi connectivity index (χ1n) is 11.2. The van der Waals surface area contributed by atoms with Crippen molar-refractivity contribution in [2.75, 3.05) is 18.1 Å². The van der Waals surface area contributed by atoms with E-state index in [4.69, 9.17) is 16.3 Å². The minimum absolute atomic E-state index is 0.107. The molecule has 0 unspecified atom stereocenters. The molecule has 0 amide bonds. The molecule has 0 spiro atoms. The highest BCUT2D eigenvalue weighted by molar-refractivity contribution is 6.30. The number of alkyl halides is 2. The average molecular weight is 487 g/mol. The van der Waals surface area contributed by atoms with E-state index in [1.54, 1.807) is 12.5 Å². The fourth-order valence-corrected chi connectivity index (χ4v) is 4.80. The zero-order chi connectivity index (χ0) is 23.9. The van der Waals surface area contributed by atoms with Crippen LogP contribution in [0.15, 0.2) is 36.8 Å². The summed E-state index contributed by atoms with van der Waals surface area (Å²) in [4.78, 5) is 15.5. The second-order valence-corrected chi connectivity index (χ2v) is 9.81. The SMILES string of the molecule is CC1(C)CCc2ncnc(N3CCOc4ccc(-c5cnc(Cl)c(OC(F)F)c5)cc4C3)c2C1. The van der Waals surface area contributed by atoms with Crippen molar-refractivity contribution in [3.05, 3.63) is 58.8 Å². The lowest BCUT2D eigenvalue weighted by molar-refractivity contribution is -0.0499. The number of rotatable bonds is 4. The minimum atomic E-state index is -2.98. The topological polar surface area (TPSA) is 60.4 Å². The van der Waals surface area contributed by atoms with Crippen LogP contribution in [-0.4, -0.2) is 34.7 Å². The predicted octanol–water partition coefficient (Wildman–Crippen LogP) is 5.71. The van der Waals surface area contributed by atoms with Gasteiger partial charge >= 0.3 is 6.61 Å². The van der Waals surface area contributed by atoms with Crippen LogP contribution < -0.4 is 14.4 Å². The number of aryl methyl sites for hydroxylation is 1. The molecule has 2 aliphatic rings. The summed E-state index contributed by atoms with van der Waals surface area (Å²) in [6.45, 7) is 3.42. The molecule has 2 aromatic heterocycles. The van der Waals surface area contributed by atoms with Crippen molar-refractivity contribution in [3.8, 4) is 22.6 Å². The summed E-state index contributed by atoms with van der Waals surface area (Å²) >= 11 is 5.92. The molecule has 0 atom stereocenters. The monoisotopic (exact) mass is 486 g/mol. The first-order valence-corrected chi connectivity index (χ1v) is 11.6. The molecular weight excluding hydrogens is 462 g/mol. The average Bonchev–Trinajstić information content (AvgIpc) is 3.01. The van der Waals surface area contributed by atoms with Crippen molar-refractivity contribution in [1.82, 2.24) is 15.0 Å². The maximum absolute atomic E-state index is 12.7. The van der Waals surface area contributed by atoms with E-state index in [1.807, 2.05) is 18.2 Å². The van der Waals surface area contributed by atoms with Crippen LogP contribution in [0.2, 0.25) is 5.15 Å². The van der Waals surface area contributed by atoms with Crippen molar-refractivity contribution in [1.29, 1.82) is 0 Å². The van der Waals surface area contributed by atoms with Gasteiger partial charge in [0.2, 0.25) is 0 Å². The molecule has 5 rings (SSSR count). The Hall–Kier alpha value is -3.00. The van der Waals surface area contributed by atoms with Gasteiger partial charge in [0, 0.05) is 35.1 Å². The molecule has 178 valence electrons. The Morgan fingerprint density at radius 1 is 1.15 bits per heavy atom. The van der Waals surface area contributed by atoms with Gasteiger partial charge in [-0.3, -0.25) is 0 Å². The second kappa shape index (κ2) is 8.98. The second-order valence-electron chi connectivity index (χ2n) is 9.45. The third kappa shape index (κ3) is 4.64. The lowest BCUT2D eigenvalue weighted by Crippen LogP contribution is -2.31. The first kappa shape index (κ1) is 22.8. The largest absolute Gasteiger partial charge is 0.491 e. The number of fused-ring (bicyclic) bond motifs is 2. The van der Waals surface area contributed by atoms with E-state index in [0.29, 0.717) is 25.3 Å². The zero-order valence-electron chi connectivity index (χ0n) is 19.0. The van der Waals surface area contributed by atoms with Crippen LogP contribution in [0.1, 0.15) is 37.1 Å². The summed E-state index contributed by atoms with van der Waals surface area (Å²) < 4.78 is 36.0. The third-order valence-electron chi connectivity index (χ3n) is 6.40. The molecule has 6 nitrogen and oxygen atoms in total. The van der Waals surface area contributed by atoms with E-state index < -0.39 is 6.61 Å². The first-order chi connectivity index (χ1) is 16.3. The smallest absolute Gasteiger partial charge is 0.387 e. The molecule has 0 bridgehead atoms. The highest BCUT2D eigenvalue weighted by atomic mass is 35.5. The van der Waals surface area contributed by atoms with Crippen molar-refractivity contribution >= 4 is 17.4 Å². The summed E-state index contributed by atoms with van der Waals surface area (Å²) in [6.07, 6.45) is 6.19. The number of anilines is 1. The van der Waals surface area contributed by atoms with Gasteiger partial charge < -0.3 is 14.4 Å². The maximum atomic E-state index is 12.7. The molecule has 9 heteroatoms. The van der Waals surface area contributed by atoms with E-state index in [-0.39, 0.29) is 16.3 Å². The standard InChI is InChI=1S/C25H25ClF2N4O2/c1-25(2)6-5-19-18(11-25)23(31-14-30-19)32-7-8-33-20-4-3-15(9-17(20)13-32)16-10-21(34-24(27)28)22(26)29-12-16/h3-4,9-10,12,14,24H,5-8,11,13H2,1-2H3. The molecule has 3 aromatic rings. The quantitative estimate of drug-likeness (QED) is 0.440. The molecule has 1 aromatic carbocycles. The number of benzene rings is 1. The summed E-state index contributed by atoms with van der Waals surface area (Å²) in [6, 6.07) is 7.24. The van der Waals surface area contributed by atoms with Crippen LogP contribution in [0.3, 0.4) is 0 Å². The van der Waals surface area contributed by atoms with Gasteiger partial charge in [-0.1, -0.05) is 31.5 Å². The lowest BCUT2D eigenvalue weighted by Gasteiger charge is -2.33. The number of hydrogen-bond acceptors (Lipinski definition) is 6. The highest BCUT2D eigenvalue weighted by Crippen LogP contribution is 2.39. The fourth-order valence-electron chi connectivity index (χ4n) is 4.65. The Morgan fingerprint density at radius 2 is 2.00 bits per heavy atom. The van der Waals surface area contributed by atoms with E-state index in [0.717, 1.165) is 47.7 Å². The van der Waals surface area contributed by atoms with Crippen LogP contribution in [0.5, 0.6) is 11.5 Å². The molecule has 0 fully saturated rings. The van der Waals surface area contributed by atoms with Crippen LogP contribution in [0, 0.1) is 5.41 Å². The molecule has 1 aliphatic heterocycles. The molecule has 0 saturated heterocycles.